The summed E-state index contributed by atoms with van der Waals surface area (Å²) in [4.78, 5) is 19.9. The van der Waals surface area contributed by atoms with Crippen molar-refractivity contribution in [3.8, 4) is 5.75 Å². The molecule has 2 heterocycles. The number of carbonyl (C=O) groups excluding carboxylic acids is 1. The van der Waals surface area contributed by atoms with E-state index in [-0.39, 0.29) is 23.5 Å². The van der Waals surface area contributed by atoms with Gasteiger partial charge in [-0.15, -0.1) is 0 Å². The number of nitrogens with zero attached hydrogens (tertiary/aromatic N) is 2. The van der Waals surface area contributed by atoms with Crippen LogP contribution in [0.15, 0.2) is 30.6 Å². The molecule has 0 spiro atoms. The van der Waals surface area contributed by atoms with E-state index in [1.165, 1.54) is 13.3 Å². The molecule has 3 rings (SSSR count). The van der Waals surface area contributed by atoms with Crippen LogP contribution in [0.5, 0.6) is 5.75 Å². The molecular formula is C20H22F2N4O3. The standard InChI is InChI=1S/C20H22F2N4O3/c1-3-4-9-26(20(23)28)13-6-5-12(21)16(17(13)22)18(27)15-11-7-8-24-19(11)25-10-14(15)29-2/h5-8,10,18,27H,3-4,9H2,1-2H3,(H2,23,28)(H,24,25)/t18-/m0/s1. The number of anilines is 1. The largest absolute Gasteiger partial charge is 0.495 e. The van der Waals surface area contributed by atoms with Gasteiger partial charge in [-0.3, -0.25) is 4.90 Å². The number of fused-ring (bicyclic) bond motifs is 1. The number of benzene rings is 1. The van der Waals surface area contributed by atoms with Crippen molar-refractivity contribution in [2.75, 3.05) is 18.6 Å². The molecule has 7 nitrogen and oxygen atoms in total. The van der Waals surface area contributed by atoms with Gasteiger partial charge < -0.3 is 20.6 Å². The molecule has 0 fully saturated rings. The van der Waals surface area contributed by atoms with Gasteiger partial charge in [0.05, 0.1) is 24.6 Å². The predicted octanol–water partition coefficient (Wildman–Crippen LogP) is 3.62. The van der Waals surface area contributed by atoms with Gasteiger partial charge in [0.15, 0.2) is 5.82 Å². The molecule has 3 aromatic rings. The number of methoxy groups -OCH3 is 1. The number of aliphatic hydroxyl groups is 1. The first-order valence-corrected chi connectivity index (χ1v) is 9.13. The molecule has 0 aliphatic carbocycles. The van der Waals surface area contributed by atoms with Crippen LogP contribution in [-0.4, -0.2) is 34.8 Å². The van der Waals surface area contributed by atoms with E-state index in [9.17, 15) is 14.3 Å². The van der Waals surface area contributed by atoms with Crippen molar-refractivity contribution in [3.63, 3.8) is 0 Å². The van der Waals surface area contributed by atoms with Gasteiger partial charge in [0.1, 0.15) is 23.3 Å². The zero-order chi connectivity index (χ0) is 21.1. The highest BCUT2D eigenvalue weighted by Gasteiger charge is 2.29. The van der Waals surface area contributed by atoms with Gasteiger partial charge in [0.2, 0.25) is 0 Å². The second kappa shape index (κ2) is 8.44. The summed E-state index contributed by atoms with van der Waals surface area (Å²) in [5.74, 6) is -1.84. The first kappa shape index (κ1) is 20.5. The van der Waals surface area contributed by atoms with Gasteiger partial charge in [-0.05, 0) is 24.6 Å². The van der Waals surface area contributed by atoms with Crippen molar-refractivity contribution in [1.29, 1.82) is 0 Å². The Bertz CT molecular complexity index is 1040. The van der Waals surface area contributed by atoms with Gasteiger partial charge in [-0.1, -0.05) is 13.3 Å². The van der Waals surface area contributed by atoms with Gasteiger partial charge in [0.25, 0.3) is 0 Å². The minimum atomic E-state index is -1.70. The first-order chi connectivity index (χ1) is 13.9. The number of halogens is 2. The van der Waals surface area contributed by atoms with E-state index in [4.69, 9.17) is 10.5 Å². The second-order valence-electron chi connectivity index (χ2n) is 6.52. The Hall–Kier alpha value is -3.20. The number of unbranched alkanes of at least 4 members (excludes halogenated alkanes) is 1. The smallest absolute Gasteiger partial charge is 0.319 e. The fourth-order valence-corrected chi connectivity index (χ4v) is 3.28. The Labute approximate surface area is 166 Å². The minimum Gasteiger partial charge on any atom is -0.495 e. The third-order valence-electron chi connectivity index (χ3n) is 4.76. The zero-order valence-electron chi connectivity index (χ0n) is 16.1. The second-order valence-corrected chi connectivity index (χ2v) is 6.52. The average molecular weight is 404 g/mol. The van der Waals surface area contributed by atoms with Gasteiger partial charge >= 0.3 is 6.03 Å². The van der Waals surface area contributed by atoms with E-state index in [1.807, 2.05) is 6.92 Å². The number of nitrogens with one attached hydrogen (secondary N) is 1. The third-order valence-corrected chi connectivity index (χ3v) is 4.76. The van der Waals surface area contributed by atoms with Crippen LogP contribution < -0.4 is 15.4 Å². The number of carbonyl (C=O) groups is 1. The lowest BCUT2D eigenvalue weighted by molar-refractivity contribution is 0.205. The Morgan fingerprint density at radius 3 is 2.76 bits per heavy atom. The lowest BCUT2D eigenvalue weighted by Gasteiger charge is -2.24. The minimum absolute atomic E-state index is 0.160. The highest BCUT2D eigenvalue weighted by Crippen LogP contribution is 2.39. The van der Waals surface area contributed by atoms with Crippen molar-refractivity contribution >= 4 is 22.8 Å². The van der Waals surface area contributed by atoms with E-state index in [0.29, 0.717) is 17.5 Å². The van der Waals surface area contributed by atoms with Gasteiger partial charge in [-0.25, -0.2) is 18.6 Å². The van der Waals surface area contributed by atoms with E-state index in [0.717, 1.165) is 23.5 Å². The molecular weight excluding hydrogens is 382 g/mol. The number of H-pyrrole nitrogens is 1. The molecule has 29 heavy (non-hydrogen) atoms. The van der Waals surface area contributed by atoms with E-state index in [1.54, 1.807) is 12.3 Å². The van der Waals surface area contributed by atoms with E-state index < -0.39 is 29.3 Å². The quantitative estimate of drug-likeness (QED) is 0.559. The summed E-state index contributed by atoms with van der Waals surface area (Å²) < 4.78 is 35.2. The molecule has 154 valence electrons. The summed E-state index contributed by atoms with van der Waals surface area (Å²) in [7, 11) is 1.37. The highest BCUT2D eigenvalue weighted by molar-refractivity contribution is 5.91. The van der Waals surface area contributed by atoms with Crippen LogP contribution in [0.3, 0.4) is 0 Å². The maximum absolute atomic E-state index is 15.4. The van der Waals surface area contributed by atoms with Gasteiger partial charge in [-0.2, -0.15) is 0 Å². The lowest BCUT2D eigenvalue weighted by Crippen LogP contribution is -2.37. The Balaban J connectivity index is 2.17. The topological polar surface area (TPSA) is 104 Å². The zero-order valence-corrected chi connectivity index (χ0v) is 16.1. The average Bonchev–Trinajstić information content (AvgIpc) is 3.17. The molecule has 0 radical (unpaired) electrons. The summed E-state index contributed by atoms with van der Waals surface area (Å²) in [6.07, 6.45) is 2.58. The molecule has 0 unspecified atom stereocenters. The van der Waals surface area contributed by atoms with Crippen LogP contribution in [0.4, 0.5) is 19.3 Å². The fourth-order valence-electron chi connectivity index (χ4n) is 3.28. The Kier molecular flexibility index (Phi) is 5.97. The van der Waals surface area contributed by atoms with Crippen molar-refractivity contribution in [2.24, 2.45) is 5.73 Å². The molecule has 2 amide bonds. The van der Waals surface area contributed by atoms with E-state index >= 15 is 4.39 Å². The number of primary amides is 1. The van der Waals surface area contributed by atoms with Crippen molar-refractivity contribution in [2.45, 2.75) is 25.9 Å². The summed E-state index contributed by atoms with van der Waals surface area (Å²) in [6, 6.07) is 2.90. The number of amides is 2. The van der Waals surface area contributed by atoms with E-state index in [2.05, 4.69) is 9.97 Å². The predicted molar refractivity (Wildman–Crippen MR) is 105 cm³/mol. The molecule has 0 bridgehead atoms. The number of hydrogen-bond donors (Lipinski definition) is 3. The molecule has 1 aromatic carbocycles. The maximum atomic E-state index is 15.4. The van der Waals surface area contributed by atoms with Crippen LogP contribution in [-0.2, 0) is 0 Å². The molecule has 1 atom stereocenters. The van der Waals surface area contributed by atoms with Crippen LogP contribution in [0.25, 0.3) is 11.0 Å². The normalized spacial score (nSPS) is 12.2. The number of aromatic nitrogens is 2. The number of hydrogen-bond acceptors (Lipinski definition) is 4. The Morgan fingerprint density at radius 2 is 2.10 bits per heavy atom. The molecule has 0 aliphatic heterocycles. The summed E-state index contributed by atoms with van der Waals surface area (Å²) in [6.45, 7) is 2.08. The maximum Gasteiger partial charge on any atom is 0.319 e. The number of pyridine rings is 1. The SMILES string of the molecule is CCCCN(C(N)=O)c1ccc(F)c([C@@H](O)c2c(OC)cnc3[nH]ccc23)c1F. The molecule has 0 aliphatic rings. The summed E-state index contributed by atoms with van der Waals surface area (Å²) >= 11 is 0. The summed E-state index contributed by atoms with van der Waals surface area (Å²) in [5.41, 5.74) is 5.19. The van der Waals surface area contributed by atoms with Crippen LogP contribution in [0, 0.1) is 11.6 Å². The molecule has 0 saturated heterocycles. The number of ether oxygens (including phenoxy) is 1. The van der Waals surface area contributed by atoms with Crippen LogP contribution in [0.2, 0.25) is 0 Å². The molecule has 9 heteroatoms. The Morgan fingerprint density at radius 1 is 1.34 bits per heavy atom. The van der Waals surface area contributed by atoms with Crippen molar-refractivity contribution < 1.29 is 23.4 Å². The molecule has 0 saturated carbocycles. The highest BCUT2D eigenvalue weighted by atomic mass is 19.1. The number of nitrogens with two attached hydrogens (primary N) is 1. The number of aliphatic hydroxyl groups excluding tert-OH is 1. The number of rotatable bonds is 7. The number of urea groups is 1. The third kappa shape index (κ3) is 3.73. The number of aromatic amines is 1. The van der Waals surface area contributed by atoms with Crippen molar-refractivity contribution in [3.05, 3.63) is 53.4 Å². The van der Waals surface area contributed by atoms with Crippen LogP contribution >= 0.6 is 0 Å². The summed E-state index contributed by atoms with van der Waals surface area (Å²) in [5, 5.41) is 11.4. The lowest BCUT2D eigenvalue weighted by atomic mass is 9.97. The van der Waals surface area contributed by atoms with Gasteiger partial charge in [0, 0.05) is 23.7 Å². The monoisotopic (exact) mass is 404 g/mol. The molecule has 4 N–H and O–H groups in total. The fraction of sp³-hybridized carbons (Fsp3) is 0.300. The van der Waals surface area contributed by atoms with Crippen molar-refractivity contribution in [1.82, 2.24) is 9.97 Å². The molecule has 2 aromatic heterocycles. The first-order valence-electron chi connectivity index (χ1n) is 9.13. The van der Waals surface area contributed by atoms with Crippen LogP contribution in [0.1, 0.15) is 37.0 Å².